The lowest BCUT2D eigenvalue weighted by molar-refractivity contribution is 1.06. The molecule has 0 amide bonds. The van der Waals surface area contributed by atoms with Crippen molar-refractivity contribution in [3.05, 3.63) is 138 Å². The van der Waals surface area contributed by atoms with Crippen molar-refractivity contribution in [1.82, 2.24) is 19.9 Å². The first-order chi connectivity index (χ1) is 33.5. The van der Waals surface area contributed by atoms with E-state index in [4.69, 9.17) is 9.97 Å². The minimum absolute atomic E-state index is 0.876. The number of aryl methyl sites for hydroxylation is 13. The highest BCUT2D eigenvalue weighted by Gasteiger charge is 2.31. The second-order valence-corrected chi connectivity index (χ2v) is 22.8. The molecule has 6 aromatic rings. The Labute approximate surface area is 432 Å². The summed E-state index contributed by atoms with van der Waals surface area (Å²) in [5, 5.41) is 0. The van der Waals surface area contributed by atoms with E-state index in [9.17, 15) is 0 Å². The normalized spacial score (nSPS) is 12.9. The lowest BCUT2D eigenvalue weighted by Gasteiger charge is -2.14. The van der Waals surface area contributed by atoms with Crippen LogP contribution in [0.15, 0.2) is 71.8 Å². The third-order valence-corrected chi connectivity index (χ3v) is 19.0. The lowest BCUT2D eigenvalue weighted by Crippen LogP contribution is -1.94. The molecule has 8 bridgehead atoms. The maximum Gasteiger partial charge on any atom is 0.0833 e. The van der Waals surface area contributed by atoms with Crippen molar-refractivity contribution >= 4 is 79.6 Å². The monoisotopic (exact) mass is 985 g/mol. The molecule has 0 saturated heterocycles. The summed E-state index contributed by atoms with van der Waals surface area (Å²) in [6, 6.07) is 16.5. The SMILES string of the molecule is CCC1=C(CC)c2nc1cc1[nH]c(c(CC)c1CC)c(Sc1c(C)cc(C)cc1C)c1nc(c(Sc3c(C)cc(C)cc3C)c3[nH]c(c(CC)c3CC)c2Sc2c(C)cc(C)cc2C)C(CC)=C1CC. The standard InChI is InChI=1S/C63H76N4S3/c1-18-42-44(20-3)52-61(68-58-36(12)26-33(9)27-37(58)13)54-46(22-5)48(24-7)56(66-54)63(70-60-40(16)30-35(11)31-41(60)17)57-49(25-8)47(23-6)55(67-57)62(69-59-38(14)28-34(10)29-39(59)15)53-45(21-4)43(19-2)51(65-53)32-50(42)64-52/h26-32,64,67H,18-25H2,1-17H3. The molecule has 0 unspecified atom stereocenters. The average molecular weight is 986 g/mol. The summed E-state index contributed by atoms with van der Waals surface area (Å²) in [5.41, 5.74) is 31.7. The van der Waals surface area contributed by atoms with Gasteiger partial charge >= 0.3 is 0 Å². The predicted molar refractivity (Wildman–Crippen MR) is 308 cm³/mol. The molecule has 0 aliphatic carbocycles. The van der Waals surface area contributed by atoms with E-state index in [0.717, 1.165) is 79.7 Å². The van der Waals surface area contributed by atoms with Gasteiger partial charge in [-0.2, -0.15) is 0 Å². The zero-order valence-corrected chi connectivity index (χ0v) is 47.8. The highest BCUT2D eigenvalue weighted by atomic mass is 32.2. The highest BCUT2D eigenvalue weighted by Crippen LogP contribution is 2.51. The van der Waals surface area contributed by atoms with E-state index in [1.807, 2.05) is 35.3 Å². The Morgan fingerprint density at radius 2 is 0.629 bits per heavy atom. The number of allylic oxidation sites excluding steroid dienone is 4. The van der Waals surface area contributed by atoms with Gasteiger partial charge in [0, 0.05) is 20.2 Å². The van der Waals surface area contributed by atoms with Crippen LogP contribution in [0.1, 0.15) is 176 Å². The summed E-state index contributed by atoms with van der Waals surface area (Å²) in [4.78, 5) is 28.1. The smallest absolute Gasteiger partial charge is 0.0833 e. The molecular weight excluding hydrogens is 909 g/mol. The number of H-pyrrole nitrogens is 2. The van der Waals surface area contributed by atoms with Crippen LogP contribution in [0.5, 0.6) is 0 Å². The first-order valence-corrected chi connectivity index (χ1v) is 28.6. The van der Waals surface area contributed by atoms with Gasteiger partial charge in [-0.25, -0.2) is 9.97 Å². The van der Waals surface area contributed by atoms with Crippen molar-refractivity contribution in [2.45, 2.75) is 198 Å². The molecule has 366 valence electrons. The van der Waals surface area contributed by atoms with Gasteiger partial charge in [0.25, 0.3) is 0 Å². The Balaban J connectivity index is 1.71. The summed E-state index contributed by atoms with van der Waals surface area (Å²) < 4.78 is 0. The third-order valence-electron chi connectivity index (χ3n) is 14.7. The lowest BCUT2D eigenvalue weighted by atomic mass is 9.98. The van der Waals surface area contributed by atoms with Crippen molar-refractivity contribution in [1.29, 1.82) is 0 Å². The van der Waals surface area contributed by atoms with E-state index in [1.165, 1.54) is 141 Å². The Morgan fingerprint density at radius 3 is 0.957 bits per heavy atom. The van der Waals surface area contributed by atoms with Gasteiger partial charge < -0.3 is 9.97 Å². The Kier molecular flexibility index (Phi) is 15.6. The molecule has 3 aromatic carbocycles. The van der Waals surface area contributed by atoms with E-state index in [1.54, 1.807) is 0 Å². The summed E-state index contributed by atoms with van der Waals surface area (Å²) in [7, 11) is 0. The van der Waals surface area contributed by atoms with E-state index in [0.29, 0.717) is 0 Å². The number of hydrogen-bond donors (Lipinski definition) is 2. The van der Waals surface area contributed by atoms with Crippen molar-refractivity contribution in [2.75, 3.05) is 0 Å². The second kappa shape index (κ2) is 21.2. The molecule has 3 aromatic heterocycles. The van der Waals surface area contributed by atoms with Crippen molar-refractivity contribution in [2.24, 2.45) is 0 Å². The van der Waals surface area contributed by atoms with Gasteiger partial charge in [-0.15, -0.1) is 0 Å². The molecule has 70 heavy (non-hydrogen) atoms. The van der Waals surface area contributed by atoms with Gasteiger partial charge in [0.05, 0.1) is 54.0 Å². The molecule has 4 nitrogen and oxygen atoms in total. The zero-order valence-electron chi connectivity index (χ0n) is 45.3. The number of nitrogens with zero attached hydrogens (tertiary/aromatic N) is 2. The highest BCUT2D eigenvalue weighted by molar-refractivity contribution is 8.00. The number of rotatable bonds is 14. The molecule has 8 rings (SSSR count). The van der Waals surface area contributed by atoms with Crippen molar-refractivity contribution in [3.63, 3.8) is 0 Å². The molecule has 2 aliphatic heterocycles. The van der Waals surface area contributed by atoms with E-state index < -0.39 is 0 Å². The van der Waals surface area contributed by atoms with Crippen LogP contribution in [0, 0.1) is 62.3 Å². The molecular formula is C63H76N4S3. The van der Waals surface area contributed by atoms with Gasteiger partial charge in [0.1, 0.15) is 0 Å². The maximum absolute atomic E-state index is 6.11. The molecule has 7 heteroatoms. The Hall–Kier alpha value is -4.69. The molecule has 2 aliphatic rings. The second-order valence-electron chi connectivity index (χ2n) is 19.7. The minimum atomic E-state index is 0.876. The van der Waals surface area contributed by atoms with Crippen LogP contribution in [0.2, 0.25) is 0 Å². The quantitative estimate of drug-likeness (QED) is 0.114. The van der Waals surface area contributed by atoms with E-state index in [2.05, 4.69) is 170 Å². The summed E-state index contributed by atoms with van der Waals surface area (Å²) in [5.74, 6) is 0. The predicted octanol–water partition coefficient (Wildman–Crippen LogP) is 19.3. The van der Waals surface area contributed by atoms with Crippen LogP contribution < -0.4 is 0 Å². The molecule has 2 N–H and O–H groups in total. The van der Waals surface area contributed by atoms with Crippen LogP contribution >= 0.6 is 35.3 Å². The third kappa shape index (κ3) is 9.22. The summed E-state index contributed by atoms with van der Waals surface area (Å²) in [6.07, 6.45) is 7.15. The van der Waals surface area contributed by atoms with Gasteiger partial charge in [0.15, 0.2) is 0 Å². The van der Waals surface area contributed by atoms with Crippen LogP contribution in [-0.4, -0.2) is 19.9 Å². The average Bonchev–Trinajstić information content (AvgIpc) is 4.07. The minimum Gasteiger partial charge on any atom is -0.354 e. The van der Waals surface area contributed by atoms with Gasteiger partial charge in [-0.3, -0.25) is 0 Å². The largest absolute Gasteiger partial charge is 0.354 e. The number of benzene rings is 3. The van der Waals surface area contributed by atoms with Crippen LogP contribution in [0.4, 0.5) is 0 Å². The van der Waals surface area contributed by atoms with Crippen LogP contribution in [0.3, 0.4) is 0 Å². The van der Waals surface area contributed by atoms with Gasteiger partial charge in [-0.1, -0.05) is 144 Å². The number of nitrogens with one attached hydrogen (secondary N) is 2. The zero-order chi connectivity index (χ0) is 50.5. The summed E-state index contributed by atoms with van der Waals surface area (Å²) >= 11 is 5.75. The van der Waals surface area contributed by atoms with Gasteiger partial charge in [-0.05, 0) is 198 Å². The van der Waals surface area contributed by atoms with Crippen molar-refractivity contribution in [3.8, 4) is 0 Å². The van der Waals surface area contributed by atoms with E-state index >= 15 is 0 Å². The fraction of sp³-hybridized carbons (Fsp3) is 0.397. The fourth-order valence-electron chi connectivity index (χ4n) is 11.8. The van der Waals surface area contributed by atoms with Crippen LogP contribution in [-0.2, 0) is 25.7 Å². The molecule has 0 atom stereocenters. The molecule has 0 saturated carbocycles. The molecule has 5 heterocycles. The maximum atomic E-state index is 6.11. The first kappa shape index (κ1) is 51.7. The fourth-order valence-corrected chi connectivity index (χ4v) is 15.4. The van der Waals surface area contributed by atoms with Crippen molar-refractivity contribution < 1.29 is 0 Å². The Morgan fingerprint density at radius 1 is 0.329 bits per heavy atom. The topological polar surface area (TPSA) is 57.4 Å². The molecule has 0 radical (unpaired) electrons. The van der Waals surface area contributed by atoms with E-state index in [-0.39, 0.29) is 0 Å². The number of hydrogen-bond acceptors (Lipinski definition) is 5. The number of fused-ring (bicyclic) bond motifs is 8. The molecule has 0 fully saturated rings. The first-order valence-electron chi connectivity index (χ1n) is 26.1. The van der Waals surface area contributed by atoms with Gasteiger partial charge in [0.2, 0.25) is 0 Å². The summed E-state index contributed by atoms with van der Waals surface area (Å²) in [6.45, 7) is 39.0. The number of aromatic amines is 2. The van der Waals surface area contributed by atoms with Crippen LogP contribution in [0.25, 0.3) is 44.4 Å². The number of aromatic nitrogens is 4. The molecule has 0 spiro atoms. The Bertz CT molecular complexity index is 3190.